The van der Waals surface area contributed by atoms with Crippen LogP contribution in [0.15, 0.2) is 55.1 Å². The summed E-state index contributed by atoms with van der Waals surface area (Å²) in [6.07, 6.45) is 1.83. The van der Waals surface area contributed by atoms with E-state index in [4.69, 9.17) is 9.15 Å². The number of aromatic hydroxyl groups is 3. The monoisotopic (exact) mass is 687 g/mol. The van der Waals surface area contributed by atoms with Gasteiger partial charge in [0.05, 0.1) is 46.7 Å². The van der Waals surface area contributed by atoms with Gasteiger partial charge in [0.2, 0.25) is 5.78 Å². The van der Waals surface area contributed by atoms with Gasteiger partial charge in [-0.2, -0.15) is 5.10 Å². The van der Waals surface area contributed by atoms with E-state index in [0.717, 1.165) is 19.4 Å². The van der Waals surface area contributed by atoms with E-state index in [2.05, 4.69) is 31.4 Å². The minimum Gasteiger partial charge on any atom is -0.507 e. The van der Waals surface area contributed by atoms with Gasteiger partial charge in [0.15, 0.2) is 33.5 Å². The lowest BCUT2D eigenvalue weighted by Gasteiger charge is -2.22. The smallest absolute Gasteiger partial charge is 0.307 e. The molecule has 0 saturated carbocycles. The molecule has 7 rings (SSSR count). The molecule has 4 aromatic rings. The Morgan fingerprint density at radius 1 is 1.02 bits per heavy atom. The molecule has 5 N–H and O–H groups in total. The van der Waals surface area contributed by atoms with Gasteiger partial charge < -0.3 is 29.5 Å². The van der Waals surface area contributed by atoms with Gasteiger partial charge in [-0.25, -0.2) is 5.43 Å². The van der Waals surface area contributed by atoms with Crippen LogP contribution in [0.5, 0.6) is 17.2 Å². The molecule has 0 radical (unpaired) electrons. The van der Waals surface area contributed by atoms with E-state index in [-0.39, 0.29) is 40.6 Å². The van der Waals surface area contributed by atoms with Crippen LogP contribution < -0.4 is 11.0 Å². The molecular weight excluding hydrogens is 670 g/mol. The van der Waals surface area contributed by atoms with E-state index in [9.17, 15) is 44.1 Å². The van der Waals surface area contributed by atoms with Crippen molar-refractivity contribution in [1.29, 1.82) is 0 Å². The third-order valence-electron chi connectivity index (χ3n) is 8.43. The summed E-state index contributed by atoms with van der Waals surface area (Å²) >= 11 is 3.09. The number of phenols is 3. The number of nitrogens with zero attached hydrogens (tertiary/aromatic N) is 1. The van der Waals surface area contributed by atoms with Crippen molar-refractivity contribution < 1.29 is 48.4 Å². The minimum atomic E-state index is -2.16. The van der Waals surface area contributed by atoms with Crippen LogP contribution in [0.1, 0.15) is 75.2 Å². The molecule has 0 fully saturated rings. The number of rotatable bonds is 4. The first-order chi connectivity index (χ1) is 21.9. The van der Waals surface area contributed by atoms with Gasteiger partial charge in [0.25, 0.3) is 5.56 Å². The number of aromatic nitrogens is 1. The number of H-pyrrole nitrogens is 1. The van der Waals surface area contributed by atoms with E-state index in [1.54, 1.807) is 0 Å². The number of Topliss-reactive ketones (excluding diaryl/α,β-unsaturated/α-hetero) is 3. The van der Waals surface area contributed by atoms with Gasteiger partial charge >= 0.3 is 5.91 Å². The van der Waals surface area contributed by atoms with E-state index in [1.807, 2.05) is 0 Å². The summed E-state index contributed by atoms with van der Waals surface area (Å²) in [5.74, 6) is -7.61. The van der Waals surface area contributed by atoms with Crippen LogP contribution in [0.3, 0.4) is 0 Å². The highest BCUT2D eigenvalue weighted by atomic mass is 79.9. The molecule has 0 unspecified atom stereocenters. The van der Waals surface area contributed by atoms with Crippen LogP contribution in [0.25, 0.3) is 10.8 Å². The number of phenolic OH excluding ortho intramolecular Hbond substituents is 3. The molecule has 1 spiro atoms. The average molecular weight is 688 g/mol. The van der Waals surface area contributed by atoms with Crippen molar-refractivity contribution in [2.24, 2.45) is 5.10 Å². The van der Waals surface area contributed by atoms with E-state index in [0.29, 0.717) is 10.2 Å². The number of furan rings is 1. The lowest BCUT2D eigenvalue weighted by molar-refractivity contribution is 0.0790. The van der Waals surface area contributed by atoms with Gasteiger partial charge in [-0.05, 0) is 57.9 Å². The highest BCUT2D eigenvalue weighted by Crippen LogP contribution is 2.57. The zero-order valence-corrected chi connectivity index (χ0v) is 24.9. The molecule has 2 aromatic carbocycles. The molecule has 14 nitrogen and oxygen atoms in total. The number of hydrazone groups is 1. The summed E-state index contributed by atoms with van der Waals surface area (Å²) in [4.78, 5) is 81.8. The van der Waals surface area contributed by atoms with Crippen LogP contribution in [-0.2, 0) is 16.6 Å². The number of pyridine rings is 1. The van der Waals surface area contributed by atoms with Gasteiger partial charge in [0, 0.05) is 11.6 Å². The molecular formula is C31H18BrN3O11. The molecule has 15 heteroatoms. The fourth-order valence-electron chi connectivity index (χ4n) is 6.48. The van der Waals surface area contributed by atoms with E-state index in [1.165, 1.54) is 24.3 Å². The molecule has 0 saturated heterocycles. The second kappa shape index (κ2) is 9.84. The fraction of sp³-hybridized carbons (Fsp3) is 0.129. The molecule has 1 amide bonds. The van der Waals surface area contributed by atoms with Crippen LogP contribution in [0.2, 0.25) is 0 Å². The predicted molar refractivity (Wildman–Crippen MR) is 160 cm³/mol. The standard InChI is InChI=1S/C31H18BrN3O11/c1-45-15-8-13(36)18-19(23(15)37)25(39)21-20(24(18)38)27(41)31(28(21)42)5-4-10-6-11-7-12(34-30(44)17(11)26(40)22(10)31)9-33-35-29(43)14-2-3-16(32)46-14/h2-3,6-9,38-40H,4-5H2,1H3,(H,34,44)(H,35,43)/t31-/m0/s1. The molecule has 1 atom stereocenters. The maximum atomic E-state index is 14.1. The van der Waals surface area contributed by atoms with Crippen molar-refractivity contribution in [1.82, 2.24) is 10.4 Å². The number of hydrogen-bond acceptors (Lipinski definition) is 12. The Morgan fingerprint density at radius 3 is 2.37 bits per heavy atom. The van der Waals surface area contributed by atoms with Crippen molar-refractivity contribution in [2.75, 3.05) is 7.11 Å². The highest BCUT2D eigenvalue weighted by molar-refractivity contribution is 9.10. The van der Waals surface area contributed by atoms with Crippen molar-refractivity contribution in [3.05, 3.63) is 96.0 Å². The number of aromatic amines is 1. The molecule has 3 aliphatic rings. The number of hydrogen-bond donors (Lipinski definition) is 5. The maximum absolute atomic E-state index is 14.1. The quantitative estimate of drug-likeness (QED) is 0.0907. The number of ketones is 4. The van der Waals surface area contributed by atoms with Crippen molar-refractivity contribution in [3.8, 4) is 17.2 Å². The number of nitrogens with one attached hydrogen (secondary N) is 2. The molecule has 0 bridgehead atoms. The van der Waals surface area contributed by atoms with Crippen LogP contribution in [-0.4, -0.2) is 62.7 Å². The summed E-state index contributed by atoms with van der Waals surface area (Å²) in [7, 11) is 1.12. The molecule has 46 heavy (non-hydrogen) atoms. The Morgan fingerprint density at radius 2 is 1.72 bits per heavy atom. The second-order valence-corrected chi connectivity index (χ2v) is 11.5. The van der Waals surface area contributed by atoms with Gasteiger partial charge in [-0.15, -0.1) is 0 Å². The lowest BCUT2D eigenvalue weighted by Crippen LogP contribution is -2.36. The Bertz CT molecular complexity index is 2290. The predicted octanol–water partition coefficient (Wildman–Crippen LogP) is 2.94. The third-order valence-corrected chi connectivity index (χ3v) is 8.85. The Hall–Kier alpha value is -5.83. The molecule has 230 valence electrons. The number of carbonyl (C=O) groups is 5. The maximum Gasteiger partial charge on any atom is 0.307 e. The number of allylic oxidation sites excluding steroid dienone is 2. The Labute approximate surface area is 264 Å². The number of aryl methyl sites for hydroxylation is 1. The summed E-state index contributed by atoms with van der Waals surface area (Å²) in [6.45, 7) is 0. The first kappa shape index (κ1) is 28.9. The number of methoxy groups -OCH3 is 1. The van der Waals surface area contributed by atoms with Gasteiger partial charge in [-0.3, -0.25) is 28.8 Å². The first-order valence-corrected chi connectivity index (χ1v) is 14.3. The third kappa shape index (κ3) is 3.71. The minimum absolute atomic E-state index is 0.0139. The molecule has 0 aliphatic heterocycles. The molecule has 2 aromatic heterocycles. The van der Waals surface area contributed by atoms with Crippen molar-refractivity contribution in [2.45, 2.75) is 18.3 Å². The Balaban J connectivity index is 1.32. The summed E-state index contributed by atoms with van der Waals surface area (Å²) in [5, 5.41) is 37.5. The van der Waals surface area contributed by atoms with Crippen molar-refractivity contribution in [3.63, 3.8) is 0 Å². The van der Waals surface area contributed by atoms with Crippen molar-refractivity contribution >= 4 is 62.0 Å². The largest absolute Gasteiger partial charge is 0.507 e. The zero-order chi connectivity index (χ0) is 32.8. The molecule has 3 aliphatic carbocycles. The SMILES string of the molecule is COC1=CC(=O)c2c(O)c3c(c(O)c2C1=O)C(=O)[C@]1(CCc2cc4cc(C=NNC(=O)c5ccc(Br)o5)[nH]c(=O)c4c(O)c21)C3=O. The van der Waals surface area contributed by atoms with E-state index < -0.39 is 85.3 Å². The summed E-state index contributed by atoms with van der Waals surface area (Å²) in [6, 6.07) is 5.92. The number of carbonyl (C=O) groups excluding carboxylic acids is 5. The second-order valence-electron chi connectivity index (χ2n) is 10.7. The molecule has 2 heterocycles. The van der Waals surface area contributed by atoms with Crippen LogP contribution >= 0.6 is 15.9 Å². The lowest BCUT2D eigenvalue weighted by atomic mass is 9.76. The fourth-order valence-corrected chi connectivity index (χ4v) is 6.79. The van der Waals surface area contributed by atoms with Crippen LogP contribution in [0, 0.1) is 0 Å². The zero-order valence-electron chi connectivity index (χ0n) is 23.3. The number of benzene rings is 2. The number of ether oxygens (including phenoxy) is 1. The topological polar surface area (TPSA) is 226 Å². The normalized spacial score (nSPS) is 18.3. The number of halogens is 1. The Kier molecular flexibility index (Phi) is 6.18. The number of amides is 1. The van der Waals surface area contributed by atoms with Gasteiger partial charge in [-0.1, -0.05) is 6.07 Å². The first-order valence-electron chi connectivity index (χ1n) is 13.5. The average Bonchev–Trinajstić information content (AvgIpc) is 3.68. The summed E-state index contributed by atoms with van der Waals surface area (Å²) < 4.78 is 10.4. The van der Waals surface area contributed by atoms with Gasteiger partial charge in [0.1, 0.15) is 22.7 Å². The van der Waals surface area contributed by atoms with Crippen LogP contribution in [0.4, 0.5) is 0 Å². The number of fused-ring (bicyclic) bond motifs is 5. The highest BCUT2D eigenvalue weighted by Gasteiger charge is 2.61. The summed E-state index contributed by atoms with van der Waals surface area (Å²) in [5.41, 5.74) is -3.08. The van der Waals surface area contributed by atoms with E-state index >= 15 is 0 Å².